The summed E-state index contributed by atoms with van der Waals surface area (Å²) < 4.78 is 0. The molecule has 0 atom stereocenters. The van der Waals surface area contributed by atoms with Crippen LogP contribution in [0.5, 0.6) is 0 Å². The summed E-state index contributed by atoms with van der Waals surface area (Å²) in [6, 6.07) is 15.3. The lowest BCUT2D eigenvalue weighted by Gasteiger charge is -2.57. The minimum Gasteiger partial charge on any atom is -0.354 e. The first-order chi connectivity index (χ1) is 20.7. The Labute approximate surface area is 263 Å². The van der Waals surface area contributed by atoms with Crippen LogP contribution in [0.15, 0.2) is 48.5 Å². The van der Waals surface area contributed by atoms with Gasteiger partial charge in [-0.1, -0.05) is 47.5 Å². The van der Waals surface area contributed by atoms with E-state index in [1.807, 2.05) is 36.4 Å². The monoisotopic (exact) mass is 622 g/mol. The van der Waals surface area contributed by atoms with Crippen LogP contribution in [0, 0.1) is 23.2 Å². The first kappa shape index (κ1) is 29.0. The van der Waals surface area contributed by atoms with Crippen LogP contribution in [-0.4, -0.2) is 65.9 Å². The normalized spacial score (nSPS) is 29.0. The maximum atomic E-state index is 14.1. The summed E-state index contributed by atoms with van der Waals surface area (Å²) >= 11 is 12.3. The summed E-state index contributed by atoms with van der Waals surface area (Å²) in [6.45, 7) is 1.92. The fourth-order valence-electron chi connectivity index (χ4n) is 9.40. The zero-order valence-corrected chi connectivity index (χ0v) is 26.1. The van der Waals surface area contributed by atoms with Crippen molar-refractivity contribution in [2.45, 2.75) is 63.3 Å². The Bertz CT molecular complexity index is 1370. The quantitative estimate of drug-likeness (QED) is 0.440. The van der Waals surface area contributed by atoms with E-state index in [9.17, 15) is 14.4 Å². The zero-order valence-electron chi connectivity index (χ0n) is 24.6. The number of hydrogen-bond donors (Lipinski definition) is 1. The van der Waals surface area contributed by atoms with Crippen molar-refractivity contribution in [1.82, 2.24) is 15.1 Å². The number of halogens is 2. The van der Waals surface area contributed by atoms with Crippen molar-refractivity contribution in [3.63, 3.8) is 0 Å². The van der Waals surface area contributed by atoms with Crippen molar-refractivity contribution < 1.29 is 14.4 Å². The van der Waals surface area contributed by atoms with Gasteiger partial charge in [0.1, 0.15) is 12.1 Å². The van der Waals surface area contributed by atoms with Crippen LogP contribution in [0.2, 0.25) is 10.0 Å². The number of nitrogens with zero attached hydrogens (tertiary/aromatic N) is 3. The molecule has 43 heavy (non-hydrogen) atoms. The van der Waals surface area contributed by atoms with Crippen LogP contribution in [0.3, 0.4) is 0 Å². The van der Waals surface area contributed by atoms with Crippen LogP contribution in [0.25, 0.3) is 0 Å². The molecule has 4 saturated carbocycles. The fourth-order valence-corrected chi connectivity index (χ4v) is 9.90. The number of rotatable bonds is 7. The van der Waals surface area contributed by atoms with Gasteiger partial charge in [-0.05, 0) is 105 Å². The van der Waals surface area contributed by atoms with Crippen molar-refractivity contribution >= 4 is 46.6 Å². The van der Waals surface area contributed by atoms with Crippen LogP contribution >= 0.6 is 23.2 Å². The minimum atomic E-state index is -0.753. The number of amides is 3. The topological polar surface area (TPSA) is 73.0 Å². The number of carbonyl (C=O) groups excluding carboxylic acids is 3. The molecule has 2 heterocycles. The van der Waals surface area contributed by atoms with Gasteiger partial charge in [-0.15, -0.1) is 0 Å². The third-order valence-electron chi connectivity index (χ3n) is 11.0. The second-order valence-corrected chi connectivity index (χ2v) is 14.6. The fraction of sp³-hybridized carbons (Fsp3) is 0.559. The number of piperidine rings is 1. The first-order valence-corrected chi connectivity index (χ1v) is 16.6. The molecule has 4 bridgehead atoms. The SMILES string of the molecule is O=C(CN1CN(c2ccccc2)C2(CCN(C(=O)C34CC5CC(CC(C5)C3)C4)CC2)C1=O)NCCc1ccc(Cl)cc1Cl. The molecule has 0 aromatic heterocycles. The van der Waals surface area contributed by atoms with Gasteiger partial charge in [0, 0.05) is 35.4 Å². The predicted molar refractivity (Wildman–Crippen MR) is 168 cm³/mol. The van der Waals surface area contributed by atoms with Crippen molar-refractivity contribution in [3.05, 3.63) is 64.1 Å². The lowest BCUT2D eigenvalue weighted by molar-refractivity contribution is -0.160. The molecule has 2 aliphatic heterocycles. The van der Waals surface area contributed by atoms with E-state index < -0.39 is 5.54 Å². The van der Waals surface area contributed by atoms with E-state index >= 15 is 0 Å². The van der Waals surface area contributed by atoms with Gasteiger partial charge in [0.05, 0.1) is 12.1 Å². The molecule has 2 aromatic carbocycles. The van der Waals surface area contributed by atoms with Gasteiger partial charge in [-0.3, -0.25) is 14.4 Å². The summed E-state index contributed by atoms with van der Waals surface area (Å²) in [5.74, 6) is 2.29. The summed E-state index contributed by atoms with van der Waals surface area (Å²) in [4.78, 5) is 47.2. The van der Waals surface area contributed by atoms with E-state index in [0.29, 0.717) is 61.5 Å². The van der Waals surface area contributed by atoms with Gasteiger partial charge in [0.25, 0.3) is 5.91 Å². The van der Waals surface area contributed by atoms with E-state index in [-0.39, 0.29) is 23.8 Å². The number of anilines is 1. The van der Waals surface area contributed by atoms with Crippen LogP contribution in [0.1, 0.15) is 56.9 Å². The standard InChI is InChI=1S/C34H40Cl2N4O3/c35-27-7-6-26(29(36)17-27)8-11-37-30(41)21-39-22-40(28-4-2-1-3-5-28)34(32(39)43)9-12-38(13-10-34)31(42)33-18-23-14-24(19-33)16-25(15-23)20-33/h1-7,17,23-25H,8-16,18-22H2,(H,37,41). The van der Waals surface area contributed by atoms with E-state index in [2.05, 4.69) is 15.1 Å². The Morgan fingerprint density at radius 3 is 2.19 bits per heavy atom. The minimum absolute atomic E-state index is 0.00577. The van der Waals surface area contributed by atoms with Crippen LogP contribution < -0.4 is 10.2 Å². The van der Waals surface area contributed by atoms with Crippen LogP contribution in [-0.2, 0) is 20.8 Å². The molecule has 3 amide bonds. The molecule has 7 nitrogen and oxygen atoms in total. The lowest BCUT2D eigenvalue weighted by atomic mass is 9.49. The largest absolute Gasteiger partial charge is 0.354 e. The first-order valence-electron chi connectivity index (χ1n) is 15.9. The number of para-hydroxylation sites is 1. The average Bonchev–Trinajstić information content (AvgIpc) is 3.24. The Morgan fingerprint density at radius 1 is 0.907 bits per heavy atom. The van der Waals surface area contributed by atoms with E-state index in [1.165, 1.54) is 19.3 Å². The van der Waals surface area contributed by atoms with Crippen molar-refractivity contribution in [2.75, 3.05) is 37.7 Å². The second-order valence-electron chi connectivity index (χ2n) is 13.8. The molecule has 6 fully saturated rings. The second kappa shape index (κ2) is 11.3. The molecule has 0 radical (unpaired) electrons. The highest BCUT2D eigenvalue weighted by molar-refractivity contribution is 6.35. The molecular weight excluding hydrogens is 583 g/mol. The number of likely N-dealkylation sites (tertiary alicyclic amines) is 1. The third kappa shape index (κ3) is 5.31. The molecule has 1 spiro atoms. The number of hydrogen-bond acceptors (Lipinski definition) is 4. The predicted octanol–water partition coefficient (Wildman–Crippen LogP) is 5.54. The Morgan fingerprint density at radius 2 is 1.56 bits per heavy atom. The van der Waals surface area contributed by atoms with Crippen molar-refractivity contribution in [2.24, 2.45) is 23.2 Å². The van der Waals surface area contributed by atoms with E-state index in [0.717, 1.165) is 48.3 Å². The Hall–Kier alpha value is -2.77. The molecule has 228 valence electrons. The van der Waals surface area contributed by atoms with E-state index in [1.54, 1.807) is 17.0 Å². The smallest absolute Gasteiger partial charge is 0.250 e. The summed E-state index contributed by atoms with van der Waals surface area (Å²) in [5.41, 5.74) is 0.958. The molecule has 6 aliphatic rings. The lowest BCUT2D eigenvalue weighted by Crippen LogP contribution is -2.61. The summed E-state index contributed by atoms with van der Waals surface area (Å²) in [5, 5.41) is 4.10. The molecule has 1 N–H and O–H groups in total. The maximum absolute atomic E-state index is 14.1. The van der Waals surface area contributed by atoms with Crippen molar-refractivity contribution in [3.8, 4) is 0 Å². The van der Waals surface area contributed by atoms with Gasteiger partial charge in [0.2, 0.25) is 11.8 Å². The van der Waals surface area contributed by atoms with Gasteiger partial charge in [-0.25, -0.2) is 0 Å². The molecule has 9 heteroatoms. The number of nitrogens with one attached hydrogen (secondary N) is 1. The van der Waals surface area contributed by atoms with Crippen molar-refractivity contribution in [1.29, 1.82) is 0 Å². The highest BCUT2D eigenvalue weighted by atomic mass is 35.5. The Kier molecular flexibility index (Phi) is 7.61. The third-order valence-corrected chi connectivity index (χ3v) is 11.6. The highest BCUT2D eigenvalue weighted by Gasteiger charge is 2.58. The number of benzene rings is 2. The highest BCUT2D eigenvalue weighted by Crippen LogP contribution is 2.60. The summed E-state index contributed by atoms with van der Waals surface area (Å²) in [6.07, 6.45) is 8.84. The maximum Gasteiger partial charge on any atom is 0.250 e. The van der Waals surface area contributed by atoms with E-state index in [4.69, 9.17) is 23.2 Å². The molecular formula is C34H40Cl2N4O3. The molecule has 0 unspecified atom stereocenters. The van der Waals surface area contributed by atoms with Gasteiger partial charge in [-0.2, -0.15) is 0 Å². The zero-order chi connectivity index (χ0) is 29.8. The number of carbonyl (C=O) groups is 3. The molecule has 4 aliphatic carbocycles. The molecule has 2 aromatic rings. The molecule has 8 rings (SSSR count). The van der Waals surface area contributed by atoms with Gasteiger partial charge in [0.15, 0.2) is 0 Å². The Balaban J connectivity index is 1.02. The van der Waals surface area contributed by atoms with Gasteiger partial charge >= 0.3 is 0 Å². The average molecular weight is 624 g/mol. The summed E-state index contributed by atoms with van der Waals surface area (Å²) in [7, 11) is 0. The molecule has 2 saturated heterocycles. The van der Waals surface area contributed by atoms with Crippen LogP contribution in [0.4, 0.5) is 5.69 Å². The van der Waals surface area contributed by atoms with Gasteiger partial charge < -0.3 is 20.0 Å².